The Kier molecular flexibility index (Phi) is 5.75. The van der Waals surface area contributed by atoms with E-state index in [1.165, 1.54) is 5.56 Å². The number of nitrogens with one attached hydrogen (secondary N) is 2. The van der Waals surface area contributed by atoms with Crippen molar-refractivity contribution in [3.63, 3.8) is 0 Å². The zero-order valence-electron chi connectivity index (χ0n) is 12.5. The first-order valence-corrected chi connectivity index (χ1v) is 7.49. The number of piperazine rings is 1. The maximum atomic E-state index is 12.0. The van der Waals surface area contributed by atoms with Crippen LogP contribution in [0.1, 0.15) is 24.8 Å². The molecule has 0 unspecified atom stereocenters. The van der Waals surface area contributed by atoms with Gasteiger partial charge in [0.1, 0.15) is 0 Å². The SMILES string of the molecule is CC[C@@H](CNC(=O)CN1CCNC(=O)C1)c1ccccc1. The Hall–Kier alpha value is -1.88. The molecule has 2 N–H and O–H groups in total. The van der Waals surface area contributed by atoms with Crippen molar-refractivity contribution in [2.75, 3.05) is 32.7 Å². The van der Waals surface area contributed by atoms with Crippen LogP contribution < -0.4 is 10.6 Å². The van der Waals surface area contributed by atoms with Gasteiger partial charge in [-0.1, -0.05) is 37.3 Å². The second-order valence-corrected chi connectivity index (χ2v) is 5.38. The minimum absolute atomic E-state index is 0.00947. The monoisotopic (exact) mass is 289 g/mol. The Bertz CT molecular complexity index is 476. The fourth-order valence-electron chi connectivity index (χ4n) is 2.55. The molecule has 0 aromatic heterocycles. The van der Waals surface area contributed by atoms with E-state index in [1.807, 2.05) is 23.1 Å². The van der Waals surface area contributed by atoms with E-state index in [4.69, 9.17) is 0 Å². The maximum Gasteiger partial charge on any atom is 0.234 e. The first-order valence-electron chi connectivity index (χ1n) is 7.49. The van der Waals surface area contributed by atoms with Crippen LogP contribution in [0.25, 0.3) is 0 Å². The van der Waals surface area contributed by atoms with Crippen LogP contribution in [0.4, 0.5) is 0 Å². The van der Waals surface area contributed by atoms with Crippen LogP contribution in [0.3, 0.4) is 0 Å². The lowest BCUT2D eigenvalue weighted by atomic mass is 9.96. The van der Waals surface area contributed by atoms with Crippen LogP contribution in [0.5, 0.6) is 0 Å². The lowest BCUT2D eigenvalue weighted by Gasteiger charge is -2.26. The molecule has 0 radical (unpaired) electrons. The predicted octanol–water partition coefficient (Wildman–Crippen LogP) is 0.728. The fourth-order valence-corrected chi connectivity index (χ4v) is 2.55. The number of rotatable bonds is 6. The highest BCUT2D eigenvalue weighted by Crippen LogP contribution is 2.17. The van der Waals surface area contributed by atoms with E-state index in [-0.39, 0.29) is 11.8 Å². The predicted molar refractivity (Wildman–Crippen MR) is 81.9 cm³/mol. The van der Waals surface area contributed by atoms with E-state index in [9.17, 15) is 9.59 Å². The number of carbonyl (C=O) groups is 2. The first-order chi connectivity index (χ1) is 10.2. The third-order valence-electron chi connectivity index (χ3n) is 3.79. The molecule has 1 aromatic carbocycles. The molecule has 5 nitrogen and oxygen atoms in total. The van der Waals surface area contributed by atoms with Gasteiger partial charge in [0.2, 0.25) is 11.8 Å². The van der Waals surface area contributed by atoms with Crippen LogP contribution in [-0.2, 0) is 9.59 Å². The lowest BCUT2D eigenvalue weighted by molar-refractivity contribution is -0.126. The molecule has 0 saturated carbocycles. The Labute approximate surface area is 125 Å². The topological polar surface area (TPSA) is 61.4 Å². The zero-order chi connectivity index (χ0) is 15.1. The fraction of sp³-hybridized carbons (Fsp3) is 0.500. The largest absolute Gasteiger partial charge is 0.354 e. The summed E-state index contributed by atoms with van der Waals surface area (Å²) in [6.45, 7) is 4.71. The van der Waals surface area contributed by atoms with Crippen LogP contribution in [0, 0.1) is 0 Å². The zero-order valence-corrected chi connectivity index (χ0v) is 12.5. The minimum Gasteiger partial charge on any atom is -0.354 e. The number of carbonyl (C=O) groups excluding carboxylic acids is 2. The summed E-state index contributed by atoms with van der Waals surface area (Å²) in [7, 11) is 0. The van der Waals surface area contributed by atoms with Crippen LogP contribution >= 0.6 is 0 Å². The molecule has 1 aliphatic heterocycles. The molecule has 0 bridgehead atoms. The third-order valence-corrected chi connectivity index (χ3v) is 3.79. The summed E-state index contributed by atoms with van der Waals surface area (Å²) in [5.74, 6) is 0.309. The summed E-state index contributed by atoms with van der Waals surface area (Å²) < 4.78 is 0. The van der Waals surface area contributed by atoms with Crippen molar-refractivity contribution in [2.45, 2.75) is 19.3 Å². The quantitative estimate of drug-likeness (QED) is 0.811. The van der Waals surface area contributed by atoms with Gasteiger partial charge >= 0.3 is 0 Å². The molecule has 114 valence electrons. The molecule has 1 fully saturated rings. The summed E-state index contributed by atoms with van der Waals surface area (Å²) in [5.41, 5.74) is 1.25. The molecule has 1 saturated heterocycles. The number of amides is 2. The second kappa shape index (κ2) is 7.78. The van der Waals surface area contributed by atoms with Crippen molar-refractivity contribution < 1.29 is 9.59 Å². The van der Waals surface area contributed by atoms with Gasteiger partial charge in [-0.2, -0.15) is 0 Å². The van der Waals surface area contributed by atoms with Crippen molar-refractivity contribution in [1.82, 2.24) is 15.5 Å². The maximum absolute atomic E-state index is 12.0. The van der Waals surface area contributed by atoms with E-state index in [1.54, 1.807) is 0 Å². The Morgan fingerprint density at radius 3 is 2.81 bits per heavy atom. The van der Waals surface area contributed by atoms with E-state index < -0.39 is 0 Å². The van der Waals surface area contributed by atoms with Crippen LogP contribution in [0.15, 0.2) is 30.3 Å². The average molecular weight is 289 g/mol. The van der Waals surface area contributed by atoms with Gasteiger partial charge in [-0.15, -0.1) is 0 Å². The molecule has 2 amide bonds. The normalized spacial score (nSPS) is 17.1. The Morgan fingerprint density at radius 1 is 1.38 bits per heavy atom. The summed E-state index contributed by atoms with van der Waals surface area (Å²) >= 11 is 0. The highest BCUT2D eigenvalue weighted by atomic mass is 16.2. The summed E-state index contributed by atoms with van der Waals surface area (Å²) in [6, 6.07) is 10.2. The van der Waals surface area contributed by atoms with E-state index >= 15 is 0 Å². The number of benzene rings is 1. The summed E-state index contributed by atoms with van der Waals surface area (Å²) in [6.07, 6.45) is 0.983. The molecule has 1 atom stereocenters. The van der Waals surface area contributed by atoms with Gasteiger partial charge in [0.05, 0.1) is 13.1 Å². The molecule has 2 rings (SSSR count). The molecule has 0 spiro atoms. The molecular formula is C16H23N3O2. The van der Waals surface area contributed by atoms with Gasteiger partial charge in [0, 0.05) is 25.6 Å². The van der Waals surface area contributed by atoms with Gasteiger partial charge in [-0.05, 0) is 12.0 Å². The van der Waals surface area contributed by atoms with Crippen LogP contribution in [-0.4, -0.2) is 49.4 Å². The first kappa shape index (κ1) is 15.5. The van der Waals surface area contributed by atoms with Gasteiger partial charge in [-0.25, -0.2) is 0 Å². The van der Waals surface area contributed by atoms with Gasteiger partial charge < -0.3 is 10.6 Å². The highest BCUT2D eigenvalue weighted by Gasteiger charge is 2.19. The van der Waals surface area contributed by atoms with E-state index in [0.717, 1.165) is 13.0 Å². The standard InChI is InChI=1S/C16H23N3O2/c1-2-13(14-6-4-3-5-7-14)10-18-16(21)12-19-9-8-17-15(20)11-19/h3-7,13H,2,8-12H2,1H3,(H,17,20)(H,18,21)/t13-/m0/s1. The van der Waals surface area contributed by atoms with Gasteiger partial charge in [0.15, 0.2) is 0 Å². The Balaban J connectivity index is 1.78. The molecule has 1 heterocycles. The van der Waals surface area contributed by atoms with Gasteiger partial charge in [-0.3, -0.25) is 14.5 Å². The molecule has 1 aromatic rings. The number of nitrogens with zero attached hydrogens (tertiary/aromatic N) is 1. The van der Waals surface area contributed by atoms with Crippen molar-refractivity contribution in [3.05, 3.63) is 35.9 Å². The minimum atomic E-state index is -0.0147. The second-order valence-electron chi connectivity index (χ2n) is 5.38. The number of hydrogen-bond donors (Lipinski definition) is 2. The lowest BCUT2D eigenvalue weighted by Crippen LogP contribution is -2.50. The van der Waals surface area contributed by atoms with Crippen LogP contribution in [0.2, 0.25) is 0 Å². The molecule has 5 heteroatoms. The van der Waals surface area contributed by atoms with Crippen molar-refractivity contribution in [1.29, 1.82) is 0 Å². The smallest absolute Gasteiger partial charge is 0.234 e. The third kappa shape index (κ3) is 4.86. The van der Waals surface area contributed by atoms with E-state index in [2.05, 4.69) is 29.7 Å². The van der Waals surface area contributed by atoms with Crippen molar-refractivity contribution in [3.8, 4) is 0 Å². The number of hydrogen-bond acceptors (Lipinski definition) is 3. The molecule has 21 heavy (non-hydrogen) atoms. The summed E-state index contributed by atoms with van der Waals surface area (Å²) in [5, 5.41) is 5.74. The molecule has 1 aliphatic rings. The van der Waals surface area contributed by atoms with Crippen molar-refractivity contribution in [2.24, 2.45) is 0 Å². The molecule has 0 aliphatic carbocycles. The summed E-state index contributed by atoms with van der Waals surface area (Å²) in [4.78, 5) is 25.1. The average Bonchev–Trinajstić information content (AvgIpc) is 2.49. The van der Waals surface area contributed by atoms with E-state index in [0.29, 0.717) is 32.1 Å². The molecular weight excluding hydrogens is 266 g/mol. The van der Waals surface area contributed by atoms with Gasteiger partial charge in [0.25, 0.3) is 0 Å². The highest BCUT2D eigenvalue weighted by molar-refractivity contribution is 5.81. The van der Waals surface area contributed by atoms with Crippen molar-refractivity contribution >= 4 is 11.8 Å². The Morgan fingerprint density at radius 2 is 2.14 bits per heavy atom.